The Morgan fingerprint density at radius 2 is 2.33 bits per heavy atom. The van der Waals surface area contributed by atoms with Crippen molar-refractivity contribution >= 4 is 50.8 Å². The van der Waals surface area contributed by atoms with Crippen molar-refractivity contribution in [1.82, 2.24) is 10.3 Å². The molecule has 1 heterocycles. The second-order valence-electron chi connectivity index (χ2n) is 7.08. The fourth-order valence-corrected chi connectivity index (χ4v) is 6.40. The summed E-state index contributed by atoms with van der Waals surface area (Å²) in [5.41, 5.74) is 0.908. The van der Waals surface area contributed by atoms with Gasteiger partial charge in [-0.3, -0.25) is 4.79 Å². The van der Waals surface area contributed by atoms with E-state index in [9.17, 15) is 4.79 Å². The van der Waals surface area contributed by atoms with Crippen LogP contribution in [0.25, 0.3) is 10.2 Å². The molecule has 2 fully saturated rings. The summed E-state index contributed by atoms with van der Waals surface area (Å²) in [5.74, 6) is 2.99. The van der Waals surface area contributed by atoms with E-state index in [0.717, 1.165) is 26.4 Å². The molecule has 2 aliphatic carbocycles. The number of rotatable bonds is 5. The molecule has 2 saturated carbocycles. The number of hydrogen-bond donors (Lipinski definition) is 1. The van der Waals surface area contributed by atoms with E-state index >= 15 is 0 Å². The lowest BCUT2D eigenvalue weighted by molar-refractivity contribution is -0.119. The predicted molar refractivity (Wildman–Crippen MR) is 102 cm³/mol. The number of carbonyl (C=O) groups excluding carboxylic acids is 1. The third-order valence-corrected chi connectivity index (χ3v) is 7.89. The number of hydrogen-bond acceptors (Lipinski definition) is 4. The number of nitrogens with one attached hydrogen (secondary N) is 1. The van der Waals surface area contributed by atoms with Crippen molar-refractivity contribution in [3.63, 3.8) is 0 Å². The number of benzene rings is 1. The molecule has 3 nitrogen and oxygen atoms in total. The van der Waals surface area contributed by atoms with Crippen LogP contribution < -0.4 is 5.32 Å². The number of thioether (sulfide) groups is 1. The first-order chi connectivity index (χ1) is 11.6. The van der Waals surface area contributed by atoms with Crippen molar-refractivity contribution in [2.24, 2.45) is 17.8 Å². The number of halogens is 1. The van der Waals surface area contributed by atoms with Gasteiger partial charge < -0.3 is 5.32 Å². The molecular weight excluding hydrogens is 360 g/mol. The standard InChI is InChI=1S/C18H21ClN2OS2/c1-10(14-7-11-2-3-12(14)6-11)20-17(22)9-23-18-21-15-8-13(19)4-5-16(15)24-18/h4-5,8,10-12,14H,2-3,6-7,9H2,1H3,(H,20,22)/t10-,11+,12+,14-/m1/s1. The quantitative estimate of drug-likeness (QED) is 0.743. The third-order valence-electron chi connectivity index (χ3n) is 5.48. The summed E-state index contributed by atoms with van der Waals surface area (Å²) in [4.78, 5) is 16.8. The molecule has 1 N–H and O–H groups in total. The molecule has 4 atom stereocenters. The molecule has 2 aromatic rings. The Kier molecular flexibility index (Phi) is 4.76. The van der Waals surface area contributed by atoms with Crippen molar-refractivity contribution in [3.05, 3.63) is 23.2 Å². The highest BCUT2D eigenvalue weighted by Gasteiger charge is 2.42. The van der Waals surface area contributed by atoms with Gasteiger partial charge in [-0.1, -0.05) is 29.8 Å². The van der Waals surface area contributed by atoms with Gasteiger partial charge in [-0.25, -0.2) is 4.98 Å². The Hall–Kier alpha value is -0.780. The molecule has 1 aromatic carbocycles. The fourth-order valence-electron chi connectivity index (χ4n) is 4.38. The SMILES string of the molecule is C[C@@H](NC(=O)CSc1nc2cc(Cl)ccc2s1)[C@H]1C[C@H]2CC[C@H]1C2. The van der Waals surface area contributed by atoms with Gasteiger partial charge in [-0.15, -0.1) is 11.3 Å². The van der Waals surface area contributed by atoms with Crippen molar-refractivity contribution in [3.8, 4) is 0 Å². The summed E-state index contributed by atoms with van der Waals surface area (Å²) in [6.07, 6.45) is 5.45. The first-order valence-corrected chi connectivity index (χ1v) is 10.7. The molecule has 1 amide bonds. The molecule has 4 rings (SSSR count). The summed E-state index contributed by atoms with van der Waals surface area (Å²) >= 11 is 9.12. The van der Waals surface area contributed by atoms with Crippen LogP contribution in [-0.2, 0) is 4.79 Å². The van der Waals surface area contributed by atoms with Crippen molar-refractivity contribution < 1.29 is 4.79 Å². The lowest BCUT2D eigenvalue weighted by Crippen LogP contribution is -2.40. The minimum atomic E-state index is 0.118. The first kappa shape index (κ1) is 16.7. The van der Waals surface area contributed by atoms with E-state index in [2.05, 4.69) is 17.2 Å². The molecule has 1 aromatic heterocycles. The maximum absolute atomic E-state index is 12.3. The van der Waals surface area contributed by atoms with Crippen LogP contribution in [0.15, 0.2) is 22.5 Å². The second kappa shape index (κ2) is 6.85. The van der Waals surface area contributed by atoms with Gasteiger partial charge in [0, 0.05) is 11.1 Å². The Morgan fingerprint density at radius 1 is 1.46 bits per heavy atom. The lowest BCUT2D eigenvalue weighted by Gasteiger charge is -2.28. The number of fused-ring (bicyclic) bond motifs is 3. The zero-order valence-corrected chi connectivity index (χ0v) is 16.0. The summed E-state index contributed by atoms with van der Waals surface area (Å²) in [5, 5.41) is 3.91. The number of nitrogens with zero attached hydrogens (tertiary/aromatic N) is 1. The molecule has 0 unspecified atom stereocenters. The Morgan fingerprint density at radius 3 is 3.08 bits per heavy atom. The molecule has 2 bridgehead atoms. The zero-order valence-electron chi connectivity index (χ0n) is 13.6. The van der Waals surface area contributed by atoms with Gasteiger partial charge in [-0.05, 0) is 62.1 Å². The highest BCUT2D eigenvalue weighted by molar-refractivity contribution is 8.01. The summed E-state index contributed by atoms with van der Waals surface area (Å²) in [6, 6.07) is 6.02. The maximum atomic E-state index is 12.3. The van der Waals surface area contributed by atoms with E-state index in [-0.39, 0.29) is 5.91 Å². The number of aromatic nitrogens is 1. The van der Waals surface area contributed by atoms with Crippen LogP contribution >= 0.6 is 34.7 Å². The van der Waals surface area contributed by atoms with Gasteiger partial charge in [-0.2, -0.15) is 0 Å². The van der Waals surface area contributed by atoms with E-state index in [4.69, 9.17) is 11.6 Å². The van der Waals surface area contributed by atoms with Crippen LogP contribution in [0.5, 0.6) is 0 Å². The zero-order chi connectivity index (χ0) is 16.7. The topological polar surface area (TPSA) is 42.0 Å². The minimum Gasteiger partial charge on any atom is -0.353 e. The average Bonchev–Trinajstić information content (AvgIpc) is 3.27. The van der Waals surface area contributed by atoms with Gasteiger partial charge in [0.2, 0.25) is 5.91 Å². The fraction of sp³-hybridized carbons (Fsp3) is 0.556. The first-order valence-electron chi connectivity index (χ1n) is 8.57. The summed E-state index contributed by atoms with van der Waals surface area (Å²) in [7, 11) is 0. The largest absolute Gasteiger partial charge is 0.353 e. The van der Waals surface area contributed by atoms with Crippen molar-refractivity contribution in [2.45, 2.75) is 43.0 Å². The average molecular weight is 381 g/mol. The van der Waals surface area contributed by atoms with Crippen LogP contribution in [0.2, 0.25) is 5.02 Å². The van der Waals surface area contributed by atoms with E-state index in [1.807, 2.05) is 18.2 Å². The Balaban J connectivity index is 1.31. The predicted octanol–water partition coefficient (Wildman–Crippen LogP) is 4.98. The maximum Gasteiger partial charge on any atom is 0.230 e. The normalized spacial score (nSPS) is 26.8. The Bertz CT molecular complexity index is 763. The van der Waals surface area contributed by atoms with E-state index in [1.54, 1.807) is 11.3 Å². The van der Waals surface area contributed by atoms with Crippen LogP contribution in [-0.4, -0.2) is 22.7 Å². The molecule has 0 spiro atoms. The van der Waals surface area contributed by atoms with Gasteiger partial charge in [0.25, 0.3) is 0 Å². The number of thiazole rings is 1. The van der Waals surface area contributed by atoms with Gasteiger partial charge >= 0.3 is 0 Å². The highest BCUT2D eigenvalue weighted by atomic mass is 35.5. The van der Waals surface area contributed by atoms with Gasteiger partial charge in [0.1, 0.15) is 0 Å². The number of carbonyl (C=O) groups is 1. The second-order valence-corrected chi connectivity index (χ2v) is 9.76. The molecule has 24 heavy (non-hydrogen) atoms. The van der Waals surface area contributed by atoms with Gasteiger partial charge in [0.05, 0.1) is 16.0 Å². The van der Waals surface area contributed by atoms with Gasteiger partial charge in [0.15, 0.2) is 4.34 Å². The van der Waals surface area contributed by atoms with Crippen LogP contribution in [0, 0.1) is 17.8 Å². The number of amides is 1. The van der Waals surface area contributed by atoms with Crippen molar-refractivity contribution in [1.29, 1.82) is 0 Å². The molecule has 0 aliphatic heterocycles. The highest BCUT2D eigenvalue weighted by Crippen LogP contribution is 2.49. The van der Waals surface area contributed by atoms with Crippen LogP contribution in [0.1, 0.15) is 32.6 Å². The lowest BCUT2D eigenvalue weighted by atomic mass is 9.84. The van der Waals surface area contributed by atoms with E-state index in [0.29, 0.717) is 22.7 Å². The summed E-state index contributed by atoms with van der Waals surface area (Å²) in [6.45, 7) is 2.17. The third kappa shape index (κ3) is 3.44. The minimum absolute atomic E-state index is 0.118. The van der Waals surface area contributed by atoms with Crippen LogP contribution in [0.4, 0.5) is 0 Å². The summed E-state index contributed by atoms with van der Waals surface area (Å²) < 4.78 is 2.03. The van der Waals surface area contributed by atoms with E-state index < -0.39 is 0 Å². The molecule has 0 radical (unpaired) electrons. The Labute approximate surface area is 155 Å². The molecule has 2 aliphatic rings. The monoisotopic (exact) mass is 380 g/mol. The molecule has 6 heteroatoms. The molecule has 0 saturated heterocycles. The van der Waals surface area contributed by atoms with E-state index in [1.165, 1.54) is 37.4 Å². The molecule has 128 valence electrons. The van der Waals surface area contributed by atoms with Crippen LogP contribution in [0.3, 0.4) is 0 Å². The smallest absolute Gasteiger partial charge is 0.230 e. The molecular formula is C18H21ClN2OS2. The van der Waals surface area contributed by atoms with Crippen molar-refractivity contribution in [2.75, 3.05) is 5.75 Å².